The summed E-state index contributed by atoms with van der Waals surface area (Å²) in [4.78, 5) is 26.7. The van der Waals surface area contributed by atoms with Crippen molar-refractivity contribution in [2.75, 3.05) is 6.54 Å². The van der Waals surface area contributed by atoms with E-state index in [-0.39, 0.29) is 18.4 Å². The molecule has 2 amide bonds. The van der Waals surface area contributed by atoms with Crippen LogP contribution in [0.4, 0.5) is 0 Å². The van der Waals surface area contributed by atoms with E-state index in [1.807, 2.05) is 27.7 Å². The van der Waals surface area contributed by atoms with Gasteiger partial charge in [-0.2, -0.15) is 0 Å². The van der Waals surface area contributed by atoms with E-state index in [1.165, 1.54) is 4.90 Å². The van der Waals surface area contributed by atoms with Gasteiger partial charge < -0.3 is 23.7 Å². The summed E-state index contributed by atoms with van der Waals surface area (Å²) in [5.41, 5.74) is 0.812. The van der Waals surface area contributed by atoms with Crippen LogP contribution in [0, 0.1) is 0 Å². The molecule has 1 aromatic carbocycles. The lowest BCUT2D eigenvalue weighted by molar-refractivity contribution is -0.234. The SMILES string of the molecule is CC1(C)OC2OC(CN3C(=O)c4ccccc4C3=O)C3OC(C)(C)OC3C2O1. The summed E-state index contributed by atoms with van der Waals surface area (Å²) >= 11 is 0. The largest absolute Gasteiger partial charge is 0.342 e. The lowest BCUT2D eigenvalue weighted by Crippen LogP contribution is -2.58. The first-order valence-corrected chi connectivity index (χ1v) is 9.47. The Kier molecular flexibility index (Phi) is 3.80. The number of nitrogens with zero attached hydrogens (tertiary/aromatic N) is 1. The molecule has 5 unspecified atom stereocenters. The van der Waals surface area contributed by atoms with Crippen molar-refractivity contribution in [3.63, 3.8) is 0 Å². The van der Waals surface area contributed by atoms with Crippen molar-refractivity contribution >= 4 is 11.8 Å². The van der Waals surface area contributed by atoms with E-state index < -0.39 is 42.3 Å². The topological polar surface area (TPSA) is 83.5 Å². The smallest absolute Gasteiger partial charge is 0.261 e. The molecule has 0 aliphatic carbocycles. The summed E-state index contributed by atoms with van der Waals surface area (Å²) in [5.74, 6) is -2.31. The van der Waals surface area contributed by atoms with Crippen LogP contribution in [0.15, 0.2) is 24.3 Å². The minimum Gasteiger partial charge on any atom is -0.342 e. The van der Waals surface area contributed by atoms with Gasteiger partial charge in [0.2, 0.25) is 0 Å². The number of imide groups is 1. The molecule has 0 aromatic heterocycles. The molecule has 0 spiro atoms. The summed E-state index contributed by atoms with van der Waals surface area (Å²) in [6, 6.07) is 6.80. The summed E-state index contributed by atoms with van der Waals surface area (Å²) in [6.45, 7) is 7.31. The van der Waals surface area contributed by atoms with Crippen LogP contribution in [0.1, 0.15) is 48.4 Å². The molecule has 8 heteroatoms. The highest BCUT2D eigenvalue weighted by molar-refractivity contribution is 6.21. The maximum Gasteiger partial charge on any atom is 0.261 e. The molecule has 4 heterocycles. The first-order chi connectivity index (χ1) is 13.2. The Morgan fingerprint density at radius 3 is 2.00 bits per heavy atom. The van der Waals surface area contributed by atoms with Crippen molar-refractivity contribution in [3.05, 3.63) is 35.4 Å². The molecule has 0 radical (unpaired) electrons. The Morgan fingerprint density at radius 2 is 1.36 bits per heavy atom. The number of benzene rings is 1. The second-order valence-corrected chi connectivity index (χ2v) is 8.47. The first kappa shape index (κ1) is 18.2. The van der Waals surface area contributed by atoms with Crippen LogP contribution in [0.2, 0.25) is 0 Å². The minimum atomic E-state index is -0.829. The van der Waals surface area contributed by atoms with Crippen molar-refractivity contribution in [1.82, 2.24) is 4.90 Å². The molecule has 5 rings (SSSR count). The molecule has 150 valence electrons. The number of fused-ring (bicyclic) bond motifs is 4. The molecule has 1 aromatic rings. The predicted octanol–water partition coefficient (Wildman–Crippen LogP) is 1.68. The van der Waals surface area contributed by atoms with E-state index in [0.717, 1.165) is 0 Å². The van der Waals surface area contributed by atoms with Crippen LogP contribution in [-0.2, 0) is 23.7 Å². The maximum absolute atomic E-state index is 12.8. The lowest BCUT2D eigenvalue weighted by atomic mass is 9.98. The number of carbonyl (C=O) groups is 2. The van der Waals surface area contributed by atoms with Crippen LogP contribution in [0.5, 0.6) is 0 Å². The van der Waals surface area contributed by atoms with Gasteiger partial charge in [0.1, 0.15) is 24.4 Å². The van der Waals surface area contributed by atoms with E-state index in [0.29, 0.717) is 11.1 Å². The van der Waals surface area contributed by atoms with Crippen molar-refractivity contribution in [3.8, 4) is 0 Å². The Labute approximate surface area is 162 Å². The minimum absolute atomic E-state index is 0.0555. The molecule has 4 aliphatic rings. The Hall–Kier alpha value is -1.84. The average Bonchev–Trinajstić information content (AvgIpc) is 3.19. The van der Waals surface area contributed by atoms with Gasteiger partial charge >= 0.3 is 0 Å². The molecule has 8 nitrogen and oxygen atoms in total. The highest BCUT2D eigenvalue weighted by Gasteiger charge is 2.61. The van der Waals surface area contributed by atoms with Crippen molar-refractivity contribution < 1.29 is 33.3 Å². The fourth-order valence-corrected chi connectivity index (χ4v) is 4.43. The summed E-state index contributed by atoms with van der Waals surface area (Å²) in [6.07, 6.45) is -2.60. The van der Waals surface area contributed by atoms with Gasteiger partial charge in [-0.25, -0.2) is 0 Å². The zero-order valence-corrected chi connectivity index (χ0v) is 16.2. The second-order valence-electron chi connectivity index (χ2n) is 8.47. The van der Waals surface area contributed by atoms with Gasteiger partial charge in [-0.15, -0.1) is 0 Å². The van der Waals surface area contributed by atoms with Gasteiger partial charge in [-0.3, -0.25) is 14.5 Å². The van der Waals surface area contributed by atoms with Crippen molar-refractivity contribution in [1.29, 1.82) is 0 Å². The number of hydrogen-bond acceptors (Lipinski definition) is 7. The maximum atomic E-state index is 12.8. The molecular formula is C20H23NO7. The first-order valence-electron chi connectivity index (χ1n) is 9.47. The third kappa shape index (κ3) is 2.71. The van der Waals surface area contributed by atoms with E-state index in [9.17, 15) is 9.59 Å². The van der Waals surface area contributed by atoms with Gasteiger partial charge in [-0.05, 0) is 39.8 Å². The van der Waals surface area contributed by atoms with E-state index in [2.05, 4.69) is 0 Å². The van der Waals surface area contributed by atoms with Crippen molar-refractivity contribution in [2.45, 2.75) is 70.0 Å². The number of hydrogen-bond donors (Lipinski definition) is 0. The van der Waals surface area contributed by atoms with Gasteiger partial charge in [-0.1, -0.05) is 12.1 Å². The van der Waals surface area contributed by atoms with Crippen LogP contribution < -0.4 is 0 Å². The molecule has 4 aliphatic heterocycles. The number of ether oxygens (including phenoxy) is 5. The van der Waals surface area contributed by atoms with Crippen LogP contribution in [0.3, 0.4) is 0 Å². The Balaban J connectivity index is 1.43. The van der Waals surface area contributed by atoms with Crippen LogP contribution in [-0.4, -0.2) is 65.5 Å². The molecular weight excluding hydrogens is 366 g/mol. The van der Waals surface area contributed by atoms with E-state index >= 15 is 0 Å². The van der Waals surface area contributed by atoms with Gasteiger partial charge in [0.25, 0.3) is 11.8 Å². The van der Waals surface area contributed by atoms with Gasteiger partial charge in [0.05, 0.1) is 17.7 Å². The summed E-state index contributed by atoms with van der Waals surface area (Å²) < 4.78 is 30.1. The molecule has 0 N–H and O–H groups in total. The predicted molar refractivity (Wildman–Crippen MR) is 94.3 cm³/mol. The molecule has 0 saturated carbocycles. The van der Waals surface area contributed by atoms with Gasteiger partial charge in [0, 0.05) is 0 Å². The number of rotatable bonds is 2. The number of carbonyl (C=O) groups excluding carboxylic acids is 2. The van der Waals surface area contributed by atoms with Crippen molar-refractivity contribution in [2.24, 2.45) is 0 Å². The lowest BCUT2D eigenvalue weighted by Gasteiger charge is -2.38. The zero-order valence-electron chi connectivity index (χ0n) is 16.2. The molecule has 3 saturated heterocycles. The average molecular weight is 389 g/mol. The second kappa shape index (κ2) is 5.84. The molecule has 3 fully saturated rings. The van der Waals surface area contributed by atoms with Crippen LogP contribution in [0.25, 0.3) is 0 Å². The molecule has 5 atom stereocenters. The molecule has 0 bridgehead atoms. The highest BCUT2D eigenvalue weighted by Crippen LogP contribution is 2.44. The fraction of sp³-hybridized carbons (Fsp3) is 0.600. The normalized spacial score (nSPS) is 37.7. The highest BCUT2D eigenvalue weighted by atomic mass is 16.9. The monoisotopic (exact) mass is 389 g/mol. The third-order valence-corrected chi connectivity index (χ3v) is 5.49. The summed E-state index contributed by atoms with van der Waals surface area (Å²) in [7, 11) is 0. The fourth-order valence-electron chi connectivity index (χ4n) is 4.43. The standard InChI is InChI=1S/C20H23NO7/c1-19(2)25-13-12(24-18-15(14(13)26-19)27-20(3,4)28-18)9-21-16(22)10-7-5-6-8-11(10)17(21)23/h5-8,12-15,18H,9H2,1-4H3. The Morgan fingerprint density at radius 1 is 0.821 bits per heavy atom. The van der Waals surface area contributed by atoms with Crippen LogP contribution >= 0.6 is 0 Å². The summed E-state index contributed by atoms with van der Waals surface area (Å²) in [5, 5.41) is 0. The quantitative estimate of drug-likeness (QED) is 0.712. The Bertz CT molecular complexity index is 816. The number of amides is 2. The van der Waals surface area contributed by atoms with Gasteiger partial charge in [0.15, 0.2) is 17.9 Å². The third-order valence-electron chi connectivity index (χ3n) is 5.49. The van der Waals surface area contributed by atoms with E-state index in [1.54, 1.807) is 24.3 Å². The van der Waals surface area contributed by atoms with E-state index in [4.69, 9.17) is 23.7 Å². The molecule has 28 heavy (non-hydrogen) atoms. The zero-order chi connectivity index (χ0) is 19.8.